The van der Waals surface area contributed by atoms with Crippen LogP contribution in [-0.2, 0) is 0 Å². The van der Waals surface area contributed by atoms with Gasteiger partial charge >= 0.3 is 0 Å². The molecular weight excluding hydrogens is 360 g/mol. The zero-order chi connectivity index (χ0) is 16.5. The van der Waals surface area contributed by atoms with Crippen LogP contribution in [0, 0.1) is 0 Å². The first kappa shape index (κ1) is 18.0. The Labute approximate surface area is 157 Å². The molecule has 0 saturated carbocycles. The number of amides is 1. The Hall–Kier alpha value is -1.76. The normalized spacial score (nSPS) is 17.1. The minimum absolute atomic E-state index is 0. The van der Waals surface area contributed by atoms with Crippen LogP contribution in [0.15, 0.2) is 30.3 Å². The Kier molecular flexibility index (Phi) is 5.51. The van der Waals surface area contributed by atoms with Gasteiger partial charge in [0.25, 0.3) is 5.91 Å². The van der Waals surface area contributed by atoms with Crippen LogP contribution in [-0.4, -0.2) is 43.2 Å². The van der Waals surface area contributed by atoms with Gasteiger partial charge in [-0.15, -0.1) is 23.7 Å². The maximum atomic E-state index is 12.6. The van der Waals surface area contributed by atoms with Crippen molar-refractivity contribution in [1.29, 1.82) is 0 Å². The molecule has 1 aromatic carbocycles. The summed E-state index contributed by atoms with van der Waals surface area (Å²) in [5.41, 5.74) is 6.96. The number of hydrogen-bond donors (Lipinski definition) is 1. The first-order valence-electron chi connectivity index (χ1n) is 8.25. The quantitative estimate of drug-likeness (QED) is 0.869. The van der Waals surface area contributed by atoms with Gasteiger partial charge < -0.3 is 20.1 Å². The highest BCUT2D eigenvalue weighted by atomic mass is 35.5. The number of piperidine rings is 1. The average Bonchev–Trinajstić information content (AvgIpc) is 3.11. The lowest BCUT2D eigenvalue weighted by molar-refractivity contribution is 0.0719. The number of rotatable bonds is 2. The Morgan fingerprint density at radius 2 is 1.80 bits per heavy atom. The number of nitrogens with two attached hydrogens (primary N) is 1. The molecule has 1 amide bonds. The molecule has 0 atom stereocenters. The second-order valence-electron chi connectivity index (χ2n) is 6.15. The second kappa shape index (κ2) is 7.64. The van der Waals surface area contributed by atoms with Crippen molar-refractivity contribution >= 4 is 29.7 Å². The van der Waals surface area contributed by atoms with E-state index >= 15 is 0 Å². The van der Waals surface area contributed by atoms with E-state index < -0.39 is 0 Å². The van der Waals surface area contributed by atoms with Crippen molar-refractivity contribution in [2.24, 2.45) is 5.73 Å². The van der Waals surface area contributed by atoms with Crippen LogP contribution in [0.2, 0.25) is 0 Å². The zero-order valence-corrected chi connectivity index (χ0v) is 15.4. The lowest BCUT2D eigenvalue weighted by Gasteiger charge is -2.29. The molecule has 0 radical (unpaired) electrons. The molecule has 2 aliphatic heterocycles. The molecule has 0 unspecified atom stereocenters. The predicted octanol–water partition coefficient (Wildman–Crippen LogP) is 3.17. The fourth-order valence-corrected chi connectivity index (χ4v) is 4.03. The summed E-state index contributed by atoms with van der Waals surface area (Å²) in [5, 5.41) is 0. The first-order chi connectivity index (χ1) is 11.7. The number of ether oxygens (including phenoxy) is 2. The molecular formula is C18H21ClN2O3S. The van der Waals surface area contributed by atoms with Crippen molar-refractivity contribution in [2.45, 2.75) is 18.9 Å². The topological polar surface area (TPSA) is 64.8 Å². The number of thiophene rings is 1. The number of nitrogens with zero attached hydrogens (tertiary/aromatic N) is 1. The molecule has 134 valence electrons. The van der Waals surface area contributed by atoms with E-state index in [1.54, 1.807) is 0 Å². The maximum Gasteiger partial charge on any atom is 0.263 e. The minimum atomic E-state index is 0. The van der Waals surface area contributed by atoms with Crippen LogP contribution < -0.4 is 15.2 Å². The molecule has 5 nitrogen and oxygen atoms in total. The van der Waals surface area contributed by atoms with E-state index in [-0.39, 0.29) is 24.4 Å². The summed E-state index contributed by atoms with van der Waals surface area (Å²) in [6, 6.07) is 10.1. The highest BCUT2D eigenvalue weighted by Crippen LogP contribution is 2.37. The number of carbonyl (C=O) groups is 1. The highest BCUT2D eigenvalue weighted by molar-refractivity contribution is 7.17. The molecule has 2 aromatic rings. The van der Waals surface area contributed by atoms with Gasteiger partial charge in [-0.1, -0.05) is 0 Å². The molecule has 3 heterocycles. The fraction of sp³-hybridized carbons (Fsp3) is 0.389. The van der Waals surface area contributed by atoms with E-state index in [9.17, 15) is 4.79 Å². The van der Waals surface area contributed by atoms with Crippen molar-refractivity contribution in [1.82, 2.24) is 4.90 Å². The molecule has 0 spiro atoms. The summed E-state index contributed by atoms with van der Waals surface area (Å²) in [6.45, 7) is 2.65. The Balaban J connectivity index is 0.00000182. The van der Waals surface area contributed by atoms with Gasteiger partial charge in [-0.05, 0) is 48.7 Å². The number of halogens is 1. The summed E-state index contributed by atoms with van der Waals surface area (Å²) in [5.74, 6) is 1.66. The van der Waals surface area contributed by atoms with Gasteiger partial charge in [0.15, 0.2) is 11.5 Å². The molecule has 2 aliphatic rings. The van der Waals surface area contributed by atoms with Crippen molar-refractivity contribution in [2.75, 3.05) is 26.3 Å². The van der Waals surface area contributed by atoms with Gasteiger partial charge in [-0.25, -0.2) is 0 Å². The SMILES string of the molecule is Cl.NC1CCN(C(=O)c2ccc(-c3ccc4c(c3)OCCO4)s2)CC1. The monoisotopic (exact) mass is 380 g/mol. The lowest BCUT2D eigenvalue weighted by Crippen LogP contribution is -2.42. The molecule has 4 rings (SSSR count). The van der Waals surface area contributed by atoms with E-state index in [0.717, 1.165) is 52.7 Å². The number of fused-ring (bicyclic) bond motifs is 1. The first-order valence-corrected chi connectivity index (χ1v) is 9.07. The minimum Gasteiger partial charge on any atom is -0.486 e. The number of carbonyl (C=O) groups excluding carboxylic acids is 1. The Morgan fingerprint density at radius 1 is 1.08 bits per heavy atom. The average molecular weight is 381 g/mol. The molecule has 1 aromatic heterocycles. The summed E-state index contributed by atoms with van der Waals surface area (Å²) in [6.07, 6.45) is 1.76. The van der Waals surface area contributed by atoms with Gasteiger partial charge in [-0.2, -0.15) is 0 Å². The van der Waals surface area contributed by atoms with E-state index in [1.165, 1.54) is 11.3 Å². The van der Waals surface area contributed by atoms with Gasteiger partial charge in [-0.3, -0.25) is 4.79 Å². The van der Waals surface area contributed by atoms with Crippen LogP contribution in [0.1, 0.15) is 22.5 Å². The molecule has 25 heavy (non-hydrogen) atoms. The molecule has 1 saturated heterocycles. The van der Waals surface area contributed by atoms with Gasteiger partial charge in [0.2, 0.25) is 0 Å². The van der Waals surface area contributed by atoms with Crippen LogP contribution in [0.4, 0.5) is 0 Å². The van der Waals surface area contributed by atoms with Gasteiger partial charge in [0.1, 0.15) is 13.2 Å². The van der Waals surface area contributed by atoms with E-state index in [1.807, 2.05) is 35.2 Å². The Morgan fingerprint density at radius 3 is 2.56 bits per heavy atom. The van der Waals surface area contributed by atoms with Gasteiger partial charge in [0, 0.05) is 24.0 Å². The summed E-state index contributed by atoms with van der Waals surface area (Å²) >= 11 is 1.52. The number of hydrogen-bond acceptors (Lipinski definition) is 5. The maximum absolute atomic E-state index is 12.6. The van der Waals surface area contributed by atoms with E-state index in [2.05, 4.69) is 0 Å². The zero-order valence-electron chi connectivity index (χ0n) is 13.8. The second-order valence-corrected chi connectivity index (χ2v) is 7.24. The molecule has 1 fully saturated rings. The van der Waals surface area contributed by atoms with Gasteiger partial charge in [0.05, 0.1) is 4.88 Å². The van der Waals surface area contributed by atoms with Crippen molar-refractivity contribution < 1.29 is 14.3 Å². The van der Waals surface area contributed by atoms with E-state index in [0.29, 0.717) is 13.2 Å². The third-order valence-corrected chi connectivity index (χ3v) is 5.59. The molecule has 7 heteroatoms. The summed E-state index contributed by atoms with van der Waals surface area (Å²) in [7, 11) is 0. The standard InChI is InChI=1S/C18H20N2O3S.ClH/c19-13-5-7-20(8-6-13)18(21)17-4-3-16(24-17)12-1-2-14-15(11-12)23-10-9-22-14;/h1-4,11,13H,5-10,19H2;1H. The van der Waals surface area contributed by atoms with Crippen LogP contribution >= 0.6 is 23.7 Å². The molecule has 0 aliphatic carbocycles. The predicted molar refractivity (Wildman–Crippen MR) is 101 cm³/mol. The van der Waals surface area contributed by atoms with Crippen molar-refractivity contribution in [3.05, 3.63) is 35.2 Å². The lowest BCUT2D eigenvalue weighted by atomic mass is 10.1. The highest BCUT2D eigenvalue weighted by Gasteiger charge is 2.23. The fourth-order valence-electron chi connectivity index (χ4n) is 3.06. The Bertz CT molecular complexity index is 757. The third kappa shape index (κ3) is 3.76. The molecule has 2 N–H and O–H groups in total. The number of likely N-dealkylation sites (tertiary alicyclic amines) is 1. The largest absolute Gasteiger partial charge is 0.486 e. The number of benzene rings is 1. The van der Waals surface area contributed by atoms with E-state index in [4.69, 9.17) is 15.2 Å². The van der Waals surface area contributed by atoms with Crippen LogP contribution in [0.3, 0.4) is 0 Å². The summed E-state index contributed by atoms with van der Waals surface area (Å²) < 4.78 is 11.2. The molecule has 0 bridgehead atoms. The van der Waals surface area contributed by atoms with Crippen molar-refractivity contribution in [3.8, 4) is 21.9 Å². The third-order valence-electron chi connectivity index (χ3n) is 4.47. The van der Waals surface area contributed by atoms with Crippen molar-refractivity contribution in [3.63, 3.8) is 0 Å². The smallest absolute Gasteiger partial charge is 0.263 e. The van der Waals surface area contributed by atoms with Crippen LogP contribution in [0.5, 0.6) is 11.5 Å². The van der Waals surface area contributed by atoms with Crippen LogP contribution in [0.25, 0.3) is 10.4 Å². The summed E-state index contributed by atoms with van der Waals surface area (Å²) in [4.78, 5) is 16.4.